The number of nitrogens with zero attached hydrogens (tertiary/aromatic N) is 1. The number of anilines is 1. The number of halogens is 1. The largest absolute Gasteiger partial charge is 0.444 e. The van der Waals surface area contributed by atoms with Crippen molar-refractivity contribution in [3.05, 3.63) is 63.7 Å². The van der Waals surface area contributed by atoms with E-state index in [-0.39, 0.29) is 12.0 Å². The lowest BCUT2D eigenvalue weighted by Gasteiger charge is -2.35. The molecule has 0 heterocycles. The molecule has 1 saturated carbocycles. The van der Waals surface area contributed by atoms with Crippen LogP contribution in [0.15, 0.2) is 36.4 Å². The lowest BCUT2D eigenvalue weighted by molar-refractivity contribution is -0.142. The van der Waals surface area contributed by atoms with Crippen LogP contribution < -0.4 is 16.4 Å². The molecule has 1 aliphatic carbocycles. The van der Waals surface area contributed by atoms with Crippen LogP contribution in [0.4, 0.5) is 10.5 Å². The van der Waals surface area contributed by atoms with Crippen molar-refractivity contribution >= 4 is 41.1 Å². The molecule has 0 radical (unpaired) electrons. The predicted octanol–water partition coefficient (Wildman–Crippen LogP) is 4.95. The second-order valence-electron chi connectivity index (χ2n) is 11.5. The van der Waals surface area contributed by atoms with Crippen LogP contribution >= 0.6 is 11.6 Å². The first kappa shape index (κ1) is 30.9. The number of primary amides is 1. The van der Waals surface area contributed by atoms with Crippen LogP contribution in [0.5, 0.6) is 0 Å². The van der Waals surface area contributed by atoms with Crippen molar-refractivity contribution in [2.75, 3.05) is 5.32 Å². The van der Waals surface area contributed by atoms with Crippen LogP contribution in [-0.4, -0.2) is 46.4 Å². The van der Waals surface area contributed by atoms with Crippen molar-refractivity contribution in [2.45, 2.75) is 85.0 Å². The third-order valence-corrected chi connectivity index (χ3v) is 7.33. The van der Waals surface area contributed by atoms with E-state index in [1.165, 1.54) is 4.90 Å². The second-order valence-corrected chi connectivity index (χ2v) is 11.9. The average Bonchev–Trinajstić information content (AvgIpc) is 3.55. The number of carbonyl (C=O) groups is 4. The summed E-state index contributed by atoms with van der Waals surface area (Å²) < 4.78 is 5.34. The van der Waals surface area contributed by atoms with Crippen molar-refractivity contribution in [1.29, 1.82) is 0 Å². The van der Waals surface area contributed by atoms with E-state index >= 15 is 0 Å². The third-order valence-electron chi connectivity index (χ3n) is 7.01. The van der Waals surface area contributed by atoms with Crippen molar-refractivity contribution in [1.82, 2.24) is 10.2 Å². The van der Waals surface area contributed by atoms with E-state index < -0.39 is 47.9 Å². The number of benzene rings is 2. The van der Waals surface area contributed by atoms with Gasteiger partial charge in [-0.2, -0.15) is 0 Å². The smallest absolute Gasteiger partial charge is 0.408 e. The van der Waals surface area contributed by atoms with Crippen LogP contribution in [0.25, 0.3) is 0 Å². The summed E-state index contributed by atoms with van der Waals surface area (Å²) >= 11 is 6.43. The van der Waals surface area contributed by atoms with Gasteiger partial charge in [0.1, 0.15) is 17.7 Å². The number of ether oxygens (including phenoxy) is 1. The van der Waals surface area contributed by atoms with Gasteiger partial charge in [0.25, 0.3) is 5.91 Å². The van der Waals surface area contributed by atoms with E-state index in [1.54, 1.807) is 32.9 Å². The zero-order valence-corrected chi connectivity index (χ0v) is 24.9. The van der Waals surface area contributed by atoms with Gasteiger partial charge >= 0.3 is 6.09 Å². The molecular formula is C30H39ClN4O5. The summed E-state index contributed by atoms with van der Waals surface area (Å²) in [5.74, 6) is -1.75. The summed E-state index contributed by atoms with van der Waals surface area (Å²) in [6.45, 7) is 12.7. The molecule has 0 aromatic heterocycles. The molecule has 0 saturated heterocycles. The number of rotatable bonds is 9. The molecule has 0 spiro atoms. The molecule has 4 amide bonds. The number of para-hydroxylation sites is 1. The summed E-state index contributed by atoms with van der Waals surface area (Å²) in [6, 6.07) is 8.15. The minimum absolute atomic E-state index is 0.0992. The van der Waals surface area contributed by atoms with Crippen LogP contribution in [0.3, 0.4) is 0 Å². The molecule has 3 rings (SSSR count). The Labute approximate surface area is 240 Å². The fourth-order valence-corrected chi connectivity index (χ4v) is 4.94. The summed E-state index contributed by atoms with van der Waals surface area (Å²) in [4.78, 5) is 54.6. The van der Waals surface area contributed by atoms with Crippen molar-refractivity contribution in [3.8, 4) is 0 Å². The van der Waals surface area contributed by atoms with E-state index in [0.717, 1.165) is 16.7 Å². The molecule has 216 valence electrons. The van der Waals surface area contributed by atoms with Gasteiger partial charge in [-0.15, -0.1) is 0 Å². The van der Waals surface area contributed by atoms with Crippen LogP contribution in [0.1, 0.15) is 68.8 Å². The fraction of sp³-hybridized carbons (Fsp3) is 0.467. The van der Waals surface area contributed by atoms with Gasteiger partial charge in [-0.1, -0.05) is 48.9 Å². The highest BCUT2D eigenvalue weighted by Crippen LogP contribution is 2.42. The minimum atomic E-state index is -1.33. The number of alkyl carbamates (subject to hydrolysis) is 1. The molecule has 0 bridgehead atoms. The van der Waals surface area contributed by atoms with Crippen molar-refractivity contribution < 1.29 is 23.9 Å². The number of carbonyl (C=O) groups excluding carboxylic acids is 4. The monoisotopic (exact) mass is 570 g/mol. The van der Waals surface area contributed by atoms with Gasteiger partial charge in [0.2, 0.25) is 11.8 Å². The standard InChI is InChI=1S/C30H39ClN4O5/c1-16-10-8-12-20(19(16)4)26(27(37)34-25-17(2)11-9-13-21(25)31)35(23-14-18(23)3)28(38)22(15-24(32)36)33-29(39)40-30(5,6)7/h8-13,18,22-23,26H,14-15H2,1-7H3,(H2,32,36)(H,33,39)(H,34,37). The van der Waals surface area contributed by atoms with E-state index in [9.17, 15) is 19.2 Å². The lowest BCUT2D eigenvalue weighted by atomic mass is 9.94. The Hall–Kier alpha value is -3.59. The molecule has 1 aliphatic rings. The number of nitrogens with one attached hydrogen (secondary N) is 2. The summed E-state index contributed by atoms with van der Waals surface area (Å²) in [6.07, 6.45) is -0.669. The Morgan fingerprint density at radius 1 is 1.07 bits per heavy atom. The normalized spacial score (nSPS) is 17.8. The Morgan fingerprint density at radius 3 is 2.23 bits per heavy atom. The molecule has 2 aromatic carbocycles. The van der Waals surface area contributed by atoms with E-state index in [2.05, 4.69) is 10.6 Å². The average molecular weight is 571 g/mol. The van der Waals surface area contributed by atoms with Crippen LogP contribution in [-0.2, 0) is 19.1 Å². The molecule has 1 fully saturated rings. The zero-order valence-electron chi connectivity index (χ0n) is 24.1. The van der Waals surface area contributed by atoms with Gasteiger partial charge < -0.3 is 26.0 Å². The Morgan fingerprint density at radius 2 is 1.68 bits per heavy atom. The van der Waals surface area contributed by atoms with Crippen molar-refractivity contribution in [2.24, 2.45) is 11.7 Å². The Kier molecular flexibility index (Phi) is 9.51. The first-order valence-electron chi connectivity index (χ1n) is 13.3. The molecule has 0 aliphatic heterocycles. The number of hydrogen-bond acceptors (Lipinski definition) is 5. The maximum absolute atomic E-state index is 14.3. The molecular weight excluding hydrogens is 532 g/mol. The van der Waals surface area contributed by atoms with Gasteiger partial charge in [-0.25, -0.2) is 4.79 Å². The zero-order chi connectivity index (χ0) is 29.9. The number of hydrogen-bond donors (Lipinski definition) is 3. The number of nitrogens with two attached hydrogens (primary N) is 1. The number of aryl methyl sites for hydroxylation is 2. The maximum Gasteiger partial charge on any atom is 0.408 e. The minimum Gasteiger partial charge on any atom is -0.444 e. The number of amides is 4. The van der Waals surface area contributed by atoms with Gasteiger partial charge in [-0.3, -0.25) is 14.4 Å². The van der Waals surface area contributed by atoms with Crippen molar-refractivity contribution in [3.63, 3.8) is 0 Å². The summed E-state index contributed by atoms with van der Waals surface area (Å²) in [7, 11) is 0. The molecule has 4 atom stereocenters. The quantitative estimate of drug-likeness (QED) is 0.392. The third kappa shape index (κ3) is 7.53. The van der Waals surface area contributed by atoms with Crippen LogP contribution in [0, 0.1) is 26.7 Å². The SMILES string of the molecule is Cc1cccc(C(C(=O)Nc2c(C)cccc2Cl)N(C(=O)C(CC(N)=O)NC(=O)OC(C)(C)C)C2CC2C)c1C. The molecule has 10 heteroatoms. The topological polar surface area (TPSA) is 131 Å². The second kappa shape index (κ2) is 12.3. The van der Waals surface area contributed by atoms with E-state index in [1.807, 2.05) is 52.0 Å². The molecule has 2 aromatic rings. The molecule has 4 N–H and O–H groups in total. The Balaban J connectivity index is 2.11. The maximum atomic E-state index is 14.3. The van der Waals surface area contributed by atoms with Gasteiger partial charge in [0, 0.05) is 6.04 Å². The highest BCUT2D eigenvalue weighted by atomic mass is 35.5. The van der Waals surface area contributed by atoms with Crippen LogP contribution in [0.2, 0.25) is 5.02 Å². The van der Waals surface area contributed by atoms with Gasteiger partial charge in [-0.05, 0) is 82.2 Å². The van der Waals surface area contributed by atoms with E-state index in [0.29, 0.717) is 22.7 Å². The van der Waals surface area contributed by atoms with E-state index in [4.69, 9.17) is 22.1 Å². The highest BCUT2D eigenvalue weighted by Gasteiger charge is 2.49. The molecule has 9 nitrogen and oxygen atoms in total. The summed E-state index contributed by atoms with van der Waals surface area (Å²) in [5.41, 5.74) is 8.28. The van der Waals surface area contributed by atoms with Gasteiger partial charge in [0.05, 0.1) is 17.1 Å². The lowest BCUT2D eigenvalue weighted by Crippen LogP contribution is -2.54. The van der Waals surface area contributed by atoms with Gasteiger partial charge in [0.15, 0.2) is 0 Å². The Bertz CT molecular complexity index is 1290. The summed E-state index contributed by atoms with van der Waals surface area (Å²) in [5, 5.41) is 5.82. The molecule has 40 heavy (non-hydrogen) atoms. The first-order valence-corrected chi connectivity index (χ1v) is 13.7. The first-order chi connectivity index (χ1) is 18.6. The molecule has 4 unspecified atom stereocenters. The fourth-order valence-electron chi connectivity index (χ4n) is 4.67. The highest BCUT2D eigenvalue weighted by molar-refractivity contribution is 6.34. The predicted molar refractivity (Wildman–Crippen MR) is 155 cm³/mol.